The van der Waals surface area contributed by atoms with Gasteiger partial charge in [-0.05, 0) is 19.3 Å². The molecule has 1 aromatic heterocycles. The van der Waals surface area contributed by atoms with E-state index in [0.717, 1.165) is 25.3 Å². The molecule has 0 radical (unpaired) electrons. The highest BCUT2D eigenvalue weighted by Crippen LogP contribution is 2.24. The highest BCUT2D eigenvalue weighted by molar-refractivity contribution is 5.41. The Balaban J connectivity index is 2.08. The van der Waals surface area contributed by atoms with E-state index in [1.54, 1.807) is 7.11 Å². The third kappa shape index (κ3) is 2.24. The summed E-state index contributed by atoms with van der Waals surface area (Å²) in [5.74, 6) is 2.09. The van der Waals surface area contributed by atoms with Crippen LogP contribution in [0.2, 0.25) is 0 Å². The molecule has 2 N–H and O–H groups in total. The molecule has 1 aliphatic rings. The minimum atomic E-state index is 0.244. The number of methoxy groups -OCH3 is 1. The maximum atomic E-state index is 5.91. The number of hydrogen-bond donors (Lipinski definition) is 1. The molecule has 0 aliphatic carbocycles. The lowest BCUT2D eigenvalue weighted by atomic mass is 10.0. The second-order valence-corrected chi connectivity index (χ2v) is 4.27. The molecule has 88 valence electrons. The zero-order valence-corrected chi connectivity index (χ0v) is 9.76. The smallest absolute Gasteiger partial charge is 0.218 e. The minimum Gasteiger partial charge on any atom is -0.481 e. The average molecular weight is 222 g/mol. The van der Waals surface area contributed by atoms with Crippen LogP contribution in [0.3, 0.4) is 0 Å². The van der Waals surface area contributed by atoms with E-state index < -0.39 is 0 Å². The van der Waals surface area contributed by atoms with Crippen LogP contribution in [0.25, 0.3) is 0 Å². The zero-order chi connectivity index (χ0) is 11.5. The minimum absolute atomic E-state index is 0.244. The van der Waals surface area contributed by atoms with Gasteiger partial charge in [-0.1, -0.05) is 0 Å². The van der Waals surface area contributed by atoms with Gasteiger partial charge in [0.2, 0.25) is 5.88 Å². The summed E-state index contributed by atoms with van der Waals surface area (Å²) in [4.78, 5) is 10.5. The molecule has 0 saturated carbocycles. The number of aromatic nitrogens is 2. The van der Waals surface area contributed by atoms with Gasteiger partial charge in [-0.3, -0.25) is 0 Å². The van der Waals surface area contributed by atoms with Gasteiger partial charge in [0.15, 0.2) is 0 Å². The van der Waals surface area contributed by atoms with E-state index in [9.17, 15) is 0 Å². The third-order valence-corrected chi connectivity index (χ3v) is 3.13. The molecule has 16 heavy (non-hydrogen) atoms. The fraction of sp³-hybridized carbons (Fsp3) is 0.636. The Kier molecular flexibility index (Phi) is 3.24. The maximum Gasteiger partial charge on any atom is 0.218 e. The summed E-state index contributed by atoms with van der Waals surface area (Å²) < 4.78 is 5.09. The predicted octanol–water partition coefficient (Wildman–Crippen LogP) is 0.659. The van der Waals surface area contributed by atoms with Crippen molar-refractivity contribution in [2.24, 2.45) is 11.7 Å². The van der Waals surface area contributed by atoms with Gasteiger partial charge in [-0.15, -0.1) is 0 Å². The average Bonchev–Trinajstić information content (AvgIpc) is 2.78. The van der Waals surface area contributed by atoms with Crippen LogP contribution >= 0.6 is 0 Å². The number of anilines is 1. The first-order valence-corrected chi connectivity index (χ1v) is 5.57. The van der Waals surface area contributed by atoms with Crippen molar-refractivity contribution in [3.8, 4) is 5.88 Å². The van der Waals surface area contributed by atoms with Crippen LogP contribution in [-0.4, -0.2) is 36.2 Å². The number of nitrogens with two attached hydrogens (primary N) is 1. The molecule has 2 rings (SSSR count). The summed E-state index contributed by atoms with van der Waals surface area (Å²) in [6.07, 6.45) is 2.66. The van der Waals surface area contributed by atoms with Crippen molar-refractivity contribution < 1.29 is 4.74 Å². The topological polar surface area (TPSA) is 64.3 Å². The lowest BCUT2D eigenvalue weighted by Crippen LogP contribution is -2.30. The lowest BCUT2D eigenvalue weighted by molar-refractivity contribution is 0.397. The van der Waals surface area contributed by atoms with Crippen molar-refractivity contribution >= 4 is 5.82 Å². The van der Waals surface area contributed by atoms with Gasteiger partial charge in [-0.2, -0.15) is 0 Å². The van der Waals surface area contributed by atoms with E-state index in [4.69, 9.17) is 10.5 Å². The standard InChI is InChI=1S/C11H18N4O/c1-8(12)9-3-4-15(6-9)10-5-11(16-2)14-7-13-10/h5,7-9H,3-4,6,12H2,1-2H3. The second kappa shape index (κ2) is 4.65. The van der Waals surface area contributed by atoms with Gasteiger partial charge in [-0.25, -0.2) is 9.97 Å². The number of rotatable bonds is 3. The molecule has 2 unspecified atom stereocenters. The molecule has 2 atom stereocenters. The monoisotopic (exact) mass is 222 g/mol. The fourth-order valence-corrected chi connectivity index (χ4v) is 2.04. The molecule has 0 bridgehead atoms. The van der Waals surface area contributed by atoms with E-state index in [2.05, 4.69) is 21.8 Å². The van der Waals surface area contributed by atoms with E-state index in [0.29, 0.717) is 11.8 Å². The normalized spacial score (nSPS) is 22.2. The first-order valence-electron chi connectivity index (χ1n) is 5.57. The Hall–Kier alpha value is -1.36. The molecule has 5 heteroatoms. The first-order chi connectivity index (χ1) is 7.70. The van der Waals surface area contributed by atoms with E-state index in [-0.39, 0.29) is 6.04 Å². The molecular weight excluding hydrogens is 204 g/mol. The number of ether oxygens (including phenoxy) is 1. The molecule has 5 nitrogen and oxygen atoms in total. The highest BCUT2D eigenvalue weighted by Gasteiger charge is 2.26. The van der Waals surface area contributed by atoms with Gasteiger partial charge in [0, 0.05) is 25.2 Å². The Morgan fingerprint density at radius 2 is 2.38 bits per heavy atom. The van der Waals surface area contributed by atoms with E-state index >= 15 is 0 Å². The van der Waals surface area contributed by atoms with Gasteiger partial charge < -0.3 is 15.4 Å². The lowest BCUT2D eigenvalue weighted by Gasteiger charge is -2.18. The summed E-state index contributed by atoms with van der Waals surface area (Å²) in [6.45, 7) is 4.04. The molecule has 1 saturated heterocycles. The van der Waals surface area contributed by atoms with Gasteiger partial charge in [0.25, 0.3) is 0 Å². The largest absolute Gasteiger partial charge is 0.481 e. The van der Waals surface area contributed by atoms with Crippen LogP contribution in [0.15, 0.2) is 12.4 Å². The van der Waals surface area contributed by atoms with Crippen molar-refractivity contribution in [1.82, 2.24) is 9.97 Å². The number of nitrogens with zero attached hydrogens (tertiary/aromatic N) is 3. The van der Waals surface area contributed by atoms with Crippen LogP contribution < -0.4 is 15.4 Å². The Labute approximate surface area is 95.6 Å². The second-order valence-electron chi connectivity index (χ2n) is 4.27. The third-order valence-electron chi connectivity index (χ3n) is 3.13. The number of hydrogen-bond acceptors (Lipinski definition) is 5. The van der Waals surface area contributed by atoms with Gasteiger partial charge in [0.05, 0.1) is 7.11 Å². The summed E-state index contributed by atoms with van der Waals surface area (Å²) in [5.41, 5.74) is 5.91. The summed E-state index contributed by atoms with van der Waals surface area (Å²) in [5, 5.41) is 0. The van der Waals surface area contributed by atoms with E-state index in [1.165, 1.54) is 6.33 Å². The van der Waals surface area contributed by atoms with Crippen LogP contribution in [0.4, 0.5) is 5.82 Å². The van der Waals surface area contributed by atoms with Crippen LogP contribution in [0.5, 0.6) is 5.88 Å². The zero-order valence-electron chi connectivity index (χ0n) is 9.76. The highest BCUT2D eigenvalue weighted by atomic mass is 16.5. The summed E-state index contributed by atoms with van der Waals surface area (Å²) in [7, 11) is 1.61. The fourth-order valence-electron chi connectivity index (χ4n) is 2.04. The Morgan fingerprint density at radius 3 is 3.00 bits per heavy atom. The van der Waals surface area contributed by atoms with Crippen molar-refractivity contribution in [2.45, 2.75) is 19.4 Å². The van der Waals surface area contributed by atoms with Gasteiger partial charge >= 0.3 is 0 Å². The molecular formula is C11H18N4O. The quantitative estimate of drug-likeness (QED) is 0.814. The molecule has 1 aromatic rings. The summed E-state index contributed by atoms with van der Waals surface area (Å²) >= 11 is 0. The molecule has 0 spiro atoms. The molecule has 0 amide bonds. The summed E-state index contributed by atoms with van der Waals surface area (Å²) in [6, 6.07) is 2.11. The first kappa shape index (κ1) is 11.1. The Morgan fingerprint density at radius 1 is 1.56 bits per heavy atom. The van der Waals surface area contributed by atoms with E-state index in [1.807, 2.05) is 6.07 Å². The SMILES string of the molecule is COc1cc(N2CCC(C(C)N)C2)ncn1. The van der Waals surface area contributed by atoms with Crippen LogP contribution in [0, 0.1) is 5.92 Å². The maximum absolute atomic E-state index is 5.91. The van der Waals surface area contributed by atoms with Crippen LogP contribution in [-0.2, 0) is 0 Å². The Bertz CT molecular complexity index is 356. The van der Waals surface area contributed by atoms with Crippen molar-refractivity contribution in [2.75, 3.05) is 25.1 Å². The predicted molar refractivity (Wildman–Crippen MR) is 62.6 cm³/mol. The van der Waals surface area contributed by atoms with Gasteiger partial charge in [0.1, 0.15) is 12.1 Å². The van der Waals surface area contributed by atoms with Crippen molar-refractivity contribution in [1.29, 1.82) is 0 Å². The van der Waals surface area contributed by atoms with Crippen LogP contribution in [0.1, 0.15) is 13.3 Å². The van der Waals surface area contributed by atoms with Crippen molar-refractivity contribution in [3.05, 3.63) is 12.4 Å². The molecule has 1 fully saturated rings. The molecule has 0 aromatic carbocycles. The molecule has 1 aliphatic heterocycles. The van der Waals surface area contributed by atoms with Crippen molar-refractivity contribution in [3.63, 3.8) is 0 Å². The molecule has 2 heterocycles.